The lowest BCUT2D eigenvalue weighted by atomic mass is 10.0. The minimum absolute atomic E-state index is 0.0768. The van der Waals surface area contributed by atoms with Gasteiger partial charge in [-0.15, -0.1) is 0 Å². The van der Waals surface area contributed by atoms with E-state index in [4.69, 9.17) is 27.6 Å². The first kappa shape index (κ1) is 42.4. The van der Waals surface area contributed by atoms with E-state index in [1.54, 1.807) is 0 Å². The third-order valence-electron chi connectivity index (χ3n) is 7.55. The Kier molecular flexibility index (Phi) is 26.2. The summed E-state index contributed by atoms with van der Waals surface area (Å²) in [6.45, 7) is 1.69. The smallest absolute Gasteiger partial charge is 0.374 e. The Morgan fingerprint density at radius 1 is 0.605 bits per heavy atom. The molecule has 0 amide bonds. The summed E-state index contributed by atoms with van der Waals surface area (Å²) in [4.78, 5) is 21.5. The zero-order valence-corrected chi connectivity index (χ0v) is 29.1. The van der Waals surface area contributed by atoms with Crippen molar-refractivity contribution in [3.63, 3.8) is 0 Å². The Morgan fingerprint density at radius 2 is 0.977 bits per heavy atom. The van der Waals surface area contributed by atoms with Crippen molar-refractivity contribution in [2.75, 3.05) is 48.3 Å². The maximum Gasteiger partial charge on any atom is 0.374 e. The fourth-order valence-electron chi connectivity index (χ4n) is 4.90. The number of ether oxygens (including phenoxy) is 2. The number of aliphatic hydroxyl groups is 1. The van der Waals surface area contributed by atoms with Gasteiger partial charge in [0.05, 0.1) is 13.0 Å². The van der Waals surface area contributed by atoms with Crippen molar-refractivity contribution in [3.05, 3.63) is 0 Å². The van der Waals surface area contributed by atoms with Crippen LogP contribution in [0.2, 0.25) is 0 Å². The lowest BCUT2D eigenvalue weighted by Crippen LogP contribution is -2.31. The first-order valence-corrected chi connectivity index (χ1v) is 19.1. The van der Waals surface area contributed by atoms with Crippen LogP contribution < -0.4 is 0 Å². The van der Waals surface area contributed by atoms with Crippen LogP contribution in [0.4, 0.5) is 0 Å². The lowest BCUT2D eigenvalue weighted by molar-refractivity contribution is -0.144. The van der Waals surface area contributed by atoms with Crippen LogP contribution in [-0.2, 0) is 46.3 Å². The van der Waals surface area contributed by atoms with Gasteiger partial charge in [-0.25, -0.2) is 0 Å². The molecular weight excluding hydrogens is 598 g/mol. The highest BCUT2D eigenvalue weighted by atomic mass is 31.2. The van der Waals surface area contributed by atoms with Crippen LogP contribution in [-0.4, -0.2) is 70.7 Å². The summed E-state index contributed by atoms with van der Waals surface area (Å²) < 4.78 is 56.3. The number of carbonyl (C=O) groups excluding carboxylic acids is 2. The van der Waals surface area contributed by atoms with Gasteiger partial charge in [0, 0.05) is 54.5 Å². The van der Waals surface area contributed by atoms with E-state index in [0.717, 1.165) is 73.4 Å². The molecule has 256 valence electrons. The van der Waals surface area contributed by atoms with Gasteiger partial charge in [0.2, 0.25) is 0 Å². The highest BCUT2D eigenvalue weighted by molar-refractivity contribution is 7.73. The van der Waals surface area contributed by atoms with E-state index < -0.39 is 20.3 Å². The van der Waals surface area contributed by atoms with Crippen LogP contribution in [0, 0.1) is 0 Å². The van der Waals surface area contributed by atoms with Crippen molar-refractivity contribution in [2.45, 2.75) is 133 Å². The van der Waals surface area contributed by atoms with Gasteiger partial charge in [-0.2, -0.15) is 0 Å². The summed E-state index contributed by atoms with van der Waals surface area (Å²) in [7, 11) is -3.71. The zero-order valence-electron chi connectivity index (χ0n) is 27.3. The normalized spacial score (nSPS) is 12.5. The molecule has 0 bridgehead atoms. The third kappa shape index (κ3) is 17.6. The number of hydrogen-bond donors (Lipinski definition) is 1. The fraction of sp³-hybridized carbons (Fsp3) is 0.933. The minimum atomic E-state index is -4.14. The number of carbonyl (C=O) groups is 2. The van der Waals surface area contributed by atoms with Gasteiger partial charge < -0.3 is 37.5 Å². The van der Waals surface area contributed by atoms with Crippen molar-refractivity contribution in [3.8, 4) is 0 Å². The van der Waals surface area contributed by atoms with Gasteiger partial charge in [0.15, 0.2) is 0 Å². The Morgan fingerprint density at radius 3 is 1.37 bits per heavy atom. The van der Waals surface area contributed by atoms with Gasteiger partial charge in [-0.3, -0.25) is 13.9 Å². The molecule has 0 aromatic carbocycles. The highest BCUT2D eigenvalue weighted by Crippen LogP contribution is 2.77. The second-order valence-corrected chi connectivity index (χ2v) is 16.1. The molecule has 0 fully saturated rings. The van der Waals surface area contributed by atoms with Crippen molar-refractivity contribution in [2.24, 2.45) is 0 Å². The topological polar surface area (TPSA) is 144 Å². The van der Waals surface area contributed by atoms with Crippen LogP contribution in [0.15, 0.2) is 0 Å². The Labute approximate surface area is 260 Å². The first-order valence-electron chi connectivity index (χ1n) is 16.0. The van der Waals surface area contributed by atoms with Gasteiger partial charge in [-0.1, -0.05) is 89.9 Å². The van der Waals surface area contributed by atoms with E-state index in [9.17, 15) is 23.8 Å². The average Bonchev–Trinajstić information content (AvgIpc) is 3.02. The maximum absolute atomic E-state index is 13.0. The predicted molar refractivity (Wildman–Crippen MR) is 168 cm³/mol. The molecule has 0 spiro atoms. The molecule has 0 atom stereocenters. The molecule has 43 heavy (non-hydrogen) atoms. The van der Waals surface area contributed by atoms with Crippen LogP contribution >= 0.6 is 15.2 Å². The quantitative estimate of drug-likeness (QED) is 0.0323. The van der Waals surface area contributed by atoms with Gasteiger partial charge >= 0.3 is 21.2 Å². The van der Waals surface area contributed by atoms with Crippen molar-refractivity contribution >= 4 is 27.4 Å². The number of hydrogen-bond acceptors (Lipinski definition) is 11. The second-order valence-electron chi connectivity index (χ2n) is 10.8. The molecule has 0 aliphatic rings. The molecule has 0 aromatic rings. The van der Waals surface area contributed by atoms with Gasteiger partial charge in [0.25, 0.3) is 5.08 Å². The summed E-state index contributed by atoms with van der Waals surface area (Å²) in [6, 6.07) is 0. The van der Waals surface area contributed by atoms with Crippen LogP contribution in [0.5, 0.6) is 0 Å². The SMILES string of the molecule is COP(=O)(OC)C(O)(CCCCCCCCCCCCCCCCCCOCCCOC(=O)CCC=O)P(=O)(OC)OC. The summed E-state index contributed by atoms with van der Waals surface area (Å²) in [5.74, 6) is -0.325. The summed E-state index contributed by atoms with van der Waals surface area (Å²) in [5.41, 5.74) is 0. The largest absolute Gasteiger partial charge is 0.466 e. The molecule has 0 aromatic heterocycles. The van der Waals surface area contributed by atoms with Gasteiger partial charge in [0.1, 0.15) is 6.29 Å². The van der Waals surface area contributed by atoms with E-state index in [2.05, 4.69) is 0 Å². The number of rotatable bonds is 32. The van der Waals surface area contributed by atoms with E-state index in [1.165, 1.54) is 64.2 Å². The standard InChI is InChI=1S/C30H60O11P2/c1-36-42(34,37-2)30(33,43(35,38-3)39-4)24-19-17-15-13-11-9-7-5-6-8-10-12-14-16-18-20-26-40-27-22-28-41-29(32)23-21-25-31/h25,33H,5-24,26-28H2,1-4H3. The molecule has 0 saturated heterocycles. The predicted octanol–water partition coefficient (Wildman–Crippen LogP) is 8.17. The third-order valence-corrected chi connectivity index (χ3v) is 13.1. The zero-order chi connectivity index (χ0) is 32.3. The number of unbranched alkanes of at least 4 members (excludes halogenated alkanes) is 15. The first-order chi connectivity index (χ1) is 20.7. The second kappa shape index (κ2) is 26.6. The summed E-state index contributed by atoms with van der Waals surface area (Å²) in [6.07, 6.45) is 19.9. The Bertz CT molecular complexity index is 752. The van der Waals surface area contributed by atoms with Gasteiger partial charge in [-0.05, 0) is 19.3 Å². The molecule has 0 aliphatic heterocycles. The molecule has 0 heterocycles. The molecule has 0 saturated carbocycles. The molecule has 0 unspecified atom stereocenters. The molecule has 0 rings (SSSR count). The molecule has 0 radical (unpaired) electrons. The molecule has 11 nitrogen and oxygen atoms in total. The molecule has 1 N–H and O–H groups in total. The number of aldehydes is 1. The van der Waals surface area contributed by atoms with Crippen LogP contribution in [0.25, 0.3) is 0 Å². The summed E-state index contributed by atoms with van der Waals surface area (Å²) >= 11 is 0. The van der Waals surface area contributed by atoms with E-state index in [0.29, 0.717) is 26.1 Å². The van der Waals surface area contributed by atoms with Crippen molar-refractivity contribution in [1.82, 2.24) is 0 Å². The average molecular weight is 659 g/mol. The van der Waals surface area contributed by atoms with E-state index in [-0.39, 0.29) is 25.2 Å². The van der Waals surface area contributed by atoms with Crippen LogP contribution in [0.1, 0.15) is 128 Å². The minimum Gasteiger partial charge on any atom is -0.466 e. The maximum atomic E-state index is 13.0. The fourth-order valence-corrected chi connectivity index (χ4v) is 9.41. The molecular formula is C30H60O11P2. The lowest BCUT2D eigenvalue weighted by Gasteiger charge is -2.36. The molecule has 13 heteroatoms. The van der Waals surface area contributed by atoms with Crippen molar-refractivity contribution in [1.29, 1.82) is 0 Å². The monoisotopic (exact) mass is 658 g/mol. The Balaban J connectivity index is 3.63. The highest BCUT2D eigenvalue weighted by Gasteiger charge is 2.63. The summed E-state index contributed by atoms with van der Waals surface area (Å²) in [5, 5.41) is 8.74. The van der Waals surface area contributed by atoms with E-state index in [1.807, 2.05) is 0 Å². The Hall–Kier alpha value is -0.640. The molecule has 0 aliphatic carbocycles. The van der Waals surface area contributed by atoms with Crippen LogP contribution in [0.3, 0.4) is 0 Å². The number of esters is 1. The van der Waals surface area contributed by atoms with Crippen molar-refractivity contribution < 1.29 is 51.4 Å². The van der Waals surface area contributed by atoms with E-state index >= 15 is 0 Å².